The van der Waals surface area contributed by atoms with Crippen LogP contribution in [0.3, 0.4) is 0 Å². The molecule has 186 valence electrons. The number of hydrogen-bond donors (Lipinski definition) is 0. The van der Waals surface area contributed by atoms with Gasteiger partial charge in [-0.05, 0) is 58.4 Å². The van der Waals surface area contributed by atoms with Crippen LogP contribution in [0.5, 0.6) is 0 Å². The Morgan fingerprint density at radius 2 is 1.11 bits per heavy atom. The van der Waals surface area contributed by atoms with Crippen molar-refractivity contribution >= 4 is 70.8 Å². The van der Waals surface area contributed by atoms with Crippen molar-refractivity contribution in [2.24, 2.45) is 0 Å². The Kier molecular flexibility index (Phi) is 3.71. The Bertz CT molecular complexity index is 2370. The lowest BCUT2D eigenvalue weighted by atomic mass is 9.84. The van der Waals surface area contributed by atoms with Crippen LogP contribution in [0.2, 0.25) is 0 Å². The van der Waals surface area contributed by atoms with Gasteiger partial charge in [-0.3, -0.25) is 9.59 Å². The number of pyridine rings is 2. The Morgan fingerprint density at radius 3 is 1.71 bits per heavy atom. The molecule has 0 radical (unpaired) electrons. The standard InChI is InChI=1S/C34H27NO3/c1-33(2,3)16-11-19-20-12-17(34(4,5)6)14-23-28(20)35-27(19)22(13-16)30(36)24-15-21-18-9-7-8-10-25(18)38-32(21)26(29(24)35)31(23)37/h7-15H,1-6H3. The van der Waals surface area contributed by atoms with E-state index in [-0.39, 0.29) is 21.7 Å². The van der Waals surface area contributed by atoms with E-state index in [2.05, 4.69) is 70.2 Å². The highest BCUT2D eigenvalue weighted by molar-refractivity contribution is 6.28. The van der Waals surface area contributed by atoms with Crippen LogP contribution >= 0.6 is 0 Å². The highest BCUT2D eigenvalue weighted by Crippen LogP contribution is 2.44. The highest BCUT2D eigenvalue weighted by Gasteiger charge is 2.29. The van der Waals surface area contributed by atoms with Crippen LogP contribution in [0.15, 0.2) is 68.6 Å². The van der Waals surface area contributed by atoms with E-state index in [0.717, 1.165) is 43.7 Å². The molecule has 0 aliphatic carbocycles. The molecule has 0 atom stereocenters. The van der Waals surface area contributed by atoms with E-state index >= 15 is 0 Å². The summed E-state index contributed by atoms with van der Waals surface area (Å²) in [6.07, 6.45) is 0. The number of para-hydroxylation sites is 1. The fourth-order valence-electron chi connectivity index (χ4n) is 6.45. The summed E-state index contributed by atoms with van der Waals surface area (Å²) in [6.45, 7) is 13.0. The molecule has 0 fully saturated rings. The van der Waals surface area contributed by atoms with E-state index in [0.29, 0.717) is 38.2 Å². The van der Waals surface area contributed by atoms with Crippen molar-refractivity contribution in [3.8, 4) is 0 Å². The summed E-state index contributed by atoms with van der Waals surface area (Å²) in [6, 6.07) is 18.3. The first kappa shape index (κ1) is 21.9. The SMILES string of the molecule is CC(C)(C)c1cc2c(=O)c3cc4c5ccccc5oc4c4c(=O)c5cc(C(C)(C)C)cc6c(c1)c2n(c56)c34. The van der Waals surface area contributed by atoms with Gasteiger partial charge >= 0.3 is 0 Å². The molecule has 4 aromatic carbocycles. The number of fused-ring (bicyclic) bond motifs is 5. The fraction of sp³-hybridized carbons (Fsp3) is 0.235. The maximum atomic E-state index is 14.5. The van der Waals surface area contributed by atoms with E-state index < -0.39 is 0 Å². The third-order valence-corrected chi connectivity index (χ3v) is 8.52. The van der Waals surface area contributed by atoms with Crippen LogP contribution in [0.1, 0.15) is 52.7 Å². The summed E-state index contributed by atoms with van der Waals surface area (Å²) in [4.78, 5) is 28.8. The Labute approximate surface area is 218 Å². The molecule has 0 aliphatic heterocycles. The van der Waals surface area contributed by atoms with Crippen molar-refractivity contribution in [2.45, 2.75) is 52.4 Å². The average Bonchev–Trinajstić information content (AvgIpc) is 3.40. The van der Waals surface area contributed by atoms with E-state index in [1.54, 1.807) is 0 Å². The molecule has 38 heavy (non-hydrogen) atoms. The van der Waals surface area contributed by atoms with Gasteiger partial charge in [-0.25, -0.2) is 0 Å². The van der Waals surface area contributed by atoms with E-state index in [4.69, 9.17) is 4.42 Å². The van der Waals surface area contributed by atoms with Gasteiger partial charge in [0.1, 0.15) is 11.2 Å². The second-order valence-electron chi connectivity index (χ2n) is 13.0. The Hall–Kier alpha value is -4.18. The molecule has 4 heterocycles. The van der Waals surface area contributed by atoms with Gasteiger partial charge in [0.05, 0.1) is 21.9 Å². The lowest BCUT2D eigenvalue weighted by Crippen LogP contribution is -2.16. The number of aromatic nitrogens is 1. The normalized spacial score (nSPS) is 13.7. The summed E-state index contributed by atoms with van der Waals surface area (Å²) >= 11 is 0. The molecule has 0 saturated heterocycles. The van der Waals surface area contributed by atoms with Crippen LogP contribution in [0.25, 0.3) is 70.8 Å². The monoisotopic (exact) mass is 497 g/mol. The molecule has 4 aromatic heterocycles. The molecule has 0 N–H and O–H groups in total. The average molecular weight is 498 g/mol. The number of nitrogens with zero attached hydrogens (tertiary/aromatic N) is 1. The van der Waals surface area contributed by atoms with Crippen LogP contribution in [0.4, 0.5) is 0 Å². The van der Waals surface area contributed by atoms with Gasteiger partial charge in [0.2, 0.25) is 5.43 Å². The molecule has 0 spiro atoms. The summed E-state index contributed by atoms with van der Waals surface area (Å²) in [5.41, 5.74) is 5.51. The quantitative estimate of drug-likeness (QED) is 0.157. The number of rotatable bonds is 0. The van der Waals surface area contributed by atoms with Crippen LogP contribution in [-0.2, 0) is 10.8 Å². The molecule has 0 aliphatic rings. The third kappa shape index (κ3) is 2.46. The Balaban J connectivity index is 1.80. The van der Waals surface area contributed by atoms with Gasteiger partial charge in [0, 0.05) is 37.7 Å². The number of benzene rings is 4. The number of furan rings is 1. The predicted octanol–water partition coefficient (Wildman–Crippen LogP) is 8.08. The summed E-state index contributed by atoms with van der Waals surface area (Å²) in [5, 5.41) is 6.20. The third-order valence-electron chi connectivity index (χ3n) is 8.52. The first-order valence-electron chi connectivity index (χ1n) is 13.2. The lowest BCUT2D eigenvalue weighted by molar-refractivity contribution is 0.591. The van der Waals surface area contributed by atoms with Crippen LogP contribution in [0, 0.1) is 0 Å². The van der Waals surface area contributed by atoms with Crippen molar-refractivity contribution < 1.29 is 4.42 Å². The van der Waals surface area contributed by atoms with E-state index in [1.807, 2.05) is 30.3 Å². The molecule has 4 heteroatoms. The maximum absolute atomic E-state index is 14.5. The summed E-state index contributed by atoms with van der Waals surface area (Å²) < 4.78 is 8.52. The Morgan fingerprint density at radius 1 is 0.579 bits per heavy atom. The van der Waals surface area contributed by atoms with Crippen LogP contribution in [-0.4, -0.2) is 4.40 Å². The summed E-state index contributed by atoms with van der Waals surface area (Å²) in [5.74, 6) is 0. The molecule has 0 unspecified atom stereocenters. The molecular formula is C34H27NO3. The summed E-state index contributed by atoms with van der Waals surface area (Å²) in [7, 11) is 0. The van der Waals surface area contributed by atoms with Crippen molar-refractivity contribution in [3.05, 3.63) is 86.2 Å². The predicted molar refractivity (Wildman–Crippen MR) is 158 cm³/mol. The molecular weight excluding hydrogens is 470 g/mol. The second-order valence-corrected chi connectivity index (χ2v) is 13.0. The fourth-order valence-corrected chi connectivity index (χ4v) is 6.45. The van der Waals surface area contributed by atoms with Gasteiger partial charge < -0.3 is 8.82 Å². The highest BCUT2D eigenvalue weighted by atomic mass is 16.3. The molecule has 0 amide bonds. The molecule has 8 rings (SSSR count). The smallest absolute Gasteiger partial charge is 0.201 e. The molecule has 0 saturated carbocycles. The zero-order valence-electron chi connectivity index (χ0n) is 22.4. The first-order chi connectivity index (χ1) is 17.9. The number of hydrogen-bond acceptors (Lipinski definition) is 3. The van der Waals surface area contributed by atoms with Gasteiger partial charge in [0.25, 0.3) is 0 Å². The second kappa shape index (κ2) is 6.44. The largest absolute Gasteiger partial charge is 0.455 e. The van der Waals surface area contributed by atoms with Gasteiger partial charge in [-0.1, -0.05) is 59.7 Å². The molecule has 8 aromatic rings. The topological polar surface area (TPSA) is 51.7 Å². The first-order valence-corrected chi connectivity index (χ1v) is 13.2. The minimum absolute atomic E-state index is 0.0351. The lowest BCUT2D eigenvalue weighted by Gasteiger charge is -2.20. The van der Waals surface area contributed by atoms with Crippen molar-refractivity contribution in [3.63, 3.8) is 0 Å². The van der Waals surface area contributed by atoms with Crippen molar-refractivity contribution in [2.75, 3.05) is 0 Å². The van der Waals surface area contributed by atoms with E-state index in [1.165, 1.54) is 0 Å². The van der Waals surface area contributed by atoms with E-state index in [9.17, 15) is 9.59 Å². The van der Waals surface area contributed by atoms with Gasteiger partial charge in [0.15, 0.2) is 5.43 Å². The maximum Gasteiger partial charge on any atom is 0.201 e. The van der Waals surface area contributed by atoms with Crippen molar-refractivity contribution in [1.82, 2.24) is 4.40 Å². The van der Waals surface area contributed by atoms with Crippen molar-refractivity contribution in [1.29, 1.82) is 0 Å². The zero-order chi connectivity index (χ0) is 26.5. The zero-order valence-corrected chi connectivity index (χ0v) is 22.4. The minimum Gasteiger partial charge on any atom is -0.455 e. The minimum atomic E-state index is -0.156. The van der Waals surface area contributed by atoms with Crippen LogP contribution < -0.4 is 10.9 Å². The molecule has 0 bridgehead atoms. The molecule has 4 nitrogen and oxygen atoms in total. The van der Waals surface area contributed by atoms with Gasteiger partial charge in [-0.15, -0.1) is 0 Å². The van der Waals surface area contributed by atoms with Gasteiger partial charge in [-0.2, -0.15) is 0 Å².